The van der Waals surface area contributed by atoms with E-state index >= 15 is 0 Å². The minimum Gasteiger partial charge on any atom is -0.471 e. The van der Waals surface area contributed by atoms with Crippen molar-refractivity contribution in [1.82, 2.24) is 10.6 Å². The SMILES string of the molecule is Cc1cocc1C(=O)NC(CNC(=O)C1COC(C)C1)C(C)C. The number of rotatable bonds is 6. The van der Waals surface area contributed by atoms with Crippen LogP contribution in [0.25, 0.3) is 0 Å². The molecule has 6 nitrogen and oxygen atoms in total. The molecular formula is C17H26N2O4. The monoisotopic (exact) mass is 322 g/mol. The van der Waals surface area contributed by atoms with Gasteiger partial charge in [-0.2, -0.15) is 0 Å². The van der Waals surface area contributed by atoms with Crippen LogP contribution >= 0.6 is 0 Å². The summed E-state index contributed by atoms with van der Waals surface area (Å²) in [5.41, 5.74) is 1.33. The first kappa shape index (κ1) is 17.5. The fraction of sp³-hybridized carbons (Fsp3) is 0.647. The van der Waals surface area contributed by atoms with Crippen LogP contribution in [-0.4, -0.2) is 37.1 Å². The van der Waals surface area contributed by atoms with Crippen molar-refractivity contribution in [2.24, 2.45) is 11.8 Å². The Bertz CT molecular complexity index is 553. The normalized spacial score (nSPS) is 22.1. The van der Waals surface area contributed by atoms with Crippen molar-refractivity contribution >= 4 is 11.8 Å². The number of aryl methyl sites for hydroxylation is 1. The fourth-order valence-corrected chi connectivity index (χ4v) is 2.65. The van der Waals surface area contributed by atoms with Gasteiger partial charge in [-0.1, -0.05) is 13.8 Å². The van der Waals surface area contributed by atoms with Crippen LogP contribution in [0.3, 0.4) is 0 Å². The minimum absolute atomic E-state index is 0.00580. The topological polar surface area (TPSA) is 80.6 Å². The number of hydrogen-bond donors (Lipinski definition) is 2. The molecule has 2 heterocycles. The Kier molecular flexibility index (Phi) is 5.82. The van der Waals surface area contributed by atoms with Gasteiger partial charge in [-0.15, -0.1) is 0 Å². The Morgan fingerprint density at radius 3 is 2.61 bits per heavy atom. The Morgan fingerprint density at radius 2 is 2.09 bits per heavy atom. The van der Waals surface area contributed by atoms with Crippen LogP contribution in [0.1, 0.15) is 43.1 Å². The quantitative estimate of drug-likeness (QED) is 0.838. The third kappa shape index (κ3) is 4.58. The highest BCUT2D eigenvalue weighted by Crippen LogP contribution is 2.19. The number of nitrogens with one attached hydrogen (secondary N) is 2. The molecule has 23 heavy (non-hydrogen) atoms. The first-order chi connectivity index (χ1) is 10.9. The average molecular weight is 322 g/mol. The molecule has 1 saturated heterocycles. The van der Waals surface area contributed by atoms with E-state index in [-0.39, 0.29) is 35.8 Å². The summed E-state index contributed by atoms with van der Waals surface area (Å²) in [6, 6.07) is -0.138. The van der Waals surface area contributed by atoms with E-state index in [0.29, 0.717) is 18.7 Å². The van der Waals surface area contributed by atoms with E-state index < -0.39 is 0 Å². The lowest BCUT2D eigenvalue weighted by Gasteiger charge is -2.23. The van der Waals surface area contributed by atoms with Gasteiger partial charge < -0.3 is 19.8 Å². The van der Waals surface area contributed by atoms with Crippen LogP contribution in [-0.2, 0) is 9.53 Å². The summed E-state index contributed by atoms with van der Waals surface area (Å²) in [6.45, 7) is 8.70. The Balaban J connectivity index is 1.88. The van der Waals surface area contributed by atoms with Crippen molar-refractivity contribution in [2.75, 3.05) is 13.2 Å². The van der Waals surface area contributed by atoms with E-state index in [9.17, 15) is 9.59 Å². The standard InChI is InChI=1S/C17H26N2O4/c1-10(2)15(19-17(21)14-9-22-7-11(14)3)6-18-16(20)13-5-12(4)23-8-13/h7,9-10,12-13,15H,5-6,8H2,1-4H3,(H,18,20)(H,19,21). The minimum atomic E-state index is -0.179. The predicted molar refractivity (Wildman–Crippen MR) is 86.1 cm³/mol. The van der Waals surface area contributed by atoms with Gasteiger partial charge in [0.25, 0.3) is 5.91 Å². The number of hydrogen-bond acceptors (Lipinski definition) is 4. The molecule has 1 aliphatic heterocycles. The third-order valence-electron chi connectivity index (χ3n) is 4.29. The van der Waals surface area contributed by atoms with Crippen LogP contribution < -0.4 is 10.6 Å². The van der Waals surface area contributed by atoms with Crippen molar-refractivity contribution in [3.63, 3.8) is 0 Å². The second-order valence-electron chi connectivity index (χ2n) is 6.61. The Labute approximate surface area is 137 Å². The van der Waals surface area contributed by atoms with Crippen LogP contribution in [0.4, 0.5) is 0 Å². The zero-order valence-corrected chi connectivity index (χ0v) is 14.2. The van der Waals surface area contributed by atoms with Gasteiger partial charge in [-0.25, -0.2) is 0 Å². The Morgan fingerprint density at radius 1 is 1.35 bits per heavy atom. The van der Waals surface area contributed by atoms with Gasteiger partial charge in [-0.3, -0.25) is 9.59 Å². The molecular weight excluding hydrogens is 296 g/mol. The highest BCUT2D eigenvalue weighted by Gasteiger charge is 2.29. The number of carbonyl (C=O) groups is 2. The lowest BCUT2D eigenvalue weighted by Crippen LogP contribution is -2.47. The molecule has 2 rings (SSSR count). The summed E-state index contributed by atoms with van der Waals surface area (Å²) in [5.74, 6) is -0.0781. The maximum absolute atomic E-state index is 12.3. The molecule has 0 saturated carbocycles. The lowest BCUT2D eigenvalue weighted by molar-refractivity contribution is -0.125. The van der Waals surface area contributed by atoms with Crippen LogP contribution in [0.5, 0.6) is 0 Å². The molecule has 0 bridgehead atoms. The molecule has 1 aromatic rings. The summed E-state index contributed by atoms with van der Waals surface area (Å²) in [7, 11) is 0. The molecule has 2 N–H and O–H groups in total. The van der Waals surface area contributed by atoms with Crippen molar-refractivity contribution < 1.29 is 18.7 Å². The second-order valence-corrected chi connectivity index (χ2v) is 6.61. The number of ether oxygens (including phenoxy) is 1. The van der Waals surface area contributed by atoms with Gasteiger partial charge in [0.1, 0.15) is 6.26 Å². The van der Waals surface area contributed by atoms with Gasteiger partial charge in [0.2, 0.25) is 5.91 Å². The van der Waals surface area contributed by atoms with Gasteiger partial charge in [0.05, 0.1) is 30.5 Å². The molecule has 0 aliphatic carbocycles. The number of carbonyl (C=O) groups excluding carboxylic acids is 2. The molecule has 6 heteroatoms. The molecule has 3 unspecified atom stereocenters. The molecule has 0 spiro atoms. The zero-order valence-electron chi connectivity index (χ0n) is 14.2. The van der Waals surface area contributed by atoms with Crippen LogP contribution in [0.2, 0.25) is 0 Å². The van der Waals surface area contributed by atoms with E-state index in [1.165, 1.54) is 6.26 Å². The lowest BCUT2D eigenvalue weighted by atomic mass is 10.0. The van der Waals surface area contributed by atoms with Gasteiger partial charge in [-0.05, 0) is 31.7 Å². The molecule has 2 amide bonds. The first-order valence-electron chi connectivity index (χ1n) is 8.11. The van der Waals surface area contributed by atoms with E-state index in [1.54, 1.807) is 6.26 Å². The number of furan rings is 1. The molecule has 3 atom stereocenters. The van der Waals surface area contributed by atoms with E-state index in [0.717, 1.165) is 12.0 Å². The molecule has 1 fully saturated rings. The molecule has 1 aliphatic rings. The summed E-state index contributed by atoms with van der Waals surface area (Å²) >= 11 is 0. The fourth-order valence-electron chi connectivity index (χ4n) is 2.65. The summed E-state index contributed by atoms with van der Waals surface area (Å²) < 4.78 is 10.5. The van der Waals surface area contributed by atoms with Crippen molar-refractivity contribution in [3.8, 4) is 0 Å². The van der Waals surface area contributed by atoms with E-state index in [2.05, 4.69) is 10.6 Å². The molecule has 128 valence electrons. The average Bonchev–Trinajstić information content (AvgIpc) is 3.11. The highest BCUT2D eigenvalue weighted by molar-refractivity contribution is 5.95. The smallest absolute Gasteiger partial charge is 0.255 e. The highest BCUT2D eigenvalue weighted by atomic mass is 16.5. The van der Waals surface area contributed by atoms with Crippen molar-refractivity contribution in [2.45, 2.75) is 46.3 Å². The summed E-state index contributed by atoms with van der Waals surface area (Å²) in [4.78, 5) is 24.4. The van der Waals surface area contributed by atoms with Crippen LogP contribution in [0.15, 0.2) is 16.9 Å². The largest absolute Gasteiger partial charge is 0.471 e. The second kappa shape index (κ2) is 7.64. The first-order valence-corrected chi connectivity index (χ1v) is 8.11. The molecule has 0 radical (unpaired) electrons. The van der Waals surface area contributed by atoms with Gasteiger partial charge in [0.15, 0.2) is 0 Å². The summed E-state index contributed by atoms with van der Waals surface area (Å²) in [5, 5.41) is 5.90. The van der Waals surface area contributed by atoms with Crippen molar-refractivity contribution in [1.29, 1.82) is 0 Å². The maximum Gasteiger partial charge on any atom is 0.255 e. The number of amides is 2. The van der Waals surface area contributed by atoms with Crippen molar-refractivity contribution in [3.05, 3.63) is 23.7 Å². The van der Waals surface area contributed by atoms with Crippen LogP contribution in [0, 0.1) is 18.8 Å². The molecule has 1 aromatic heterocycles. The van der Waals surface area contributed by atoms with E-state index in [4.69, 9.17) is 9.15 Å². The van der Waals surface area contributed by atoms with Gasteiger partial charge >= 0.3 is 0 Å². The van der Waals surface area contributed by atoms with Gasteiger partial charge in [0, 0.05) is 12.6 Å². The van der Waals surface area contributed by atoms with E-state index in [1.807, 2.05) is 27.7 Å². The Hall–Kier alpha value is -1.82. The third-order valence-corrected chi connectivity index (χ3v) is 4.29. The summed E-state index contributed by atoms with van der Waals surface area (Å²) in [6.07, 6.45) is 3.87. The zero-order chi connectivity index (χ0) is 17.0. The maximum atomic E-state index is 12.3. The molecule has 0 aromatic carbocycles. The predicted octanol–water partition coefficient (Wildman–Crippen LogP) is 1.88.